The SMILES string of the molecule is CC(C)c1ncc2ccc(C(C)c3ccc4cccnc4c3)cc2n1. The third kappa shape index (κ3) is 2.98. The number of rotatable bonds is 3. The van der Waals surface area contributed by atoms with E-state index in [1.807, 2.05) is 18.5 Å². The molecule has 25 heavy (non-hydrogen) atoms. The van der Waals surface area contributed by atoms with Crippen molar-refractivity contribution in [1.82, 2.24) is 15.0 Å². The van der Waals surface area contributed by atoms with E-state index in [9.17, 15) is 0 Å². The van der Waals surface area contributed by atoms with Crippen molar-refractivity contribution >= 4 is 21.8 Å². The van der Waals surface area contributed by atoms with Crippen LogP contribution in [0.25, 0.3) is 21.8 Å². The quantitative estimate of drug-likeness (QED) is 0.502. The summed E-state index contributed by atoms with van der Waals surface area (Å²) >= 11 is 0. The molecule has 0 amide bonds. The average Bonchev–Trinajstić information content (AvgIpc) is 2.66. The fraction of sp³-hybridized carbons (Fsp3) is 0.227. The molecule has 4 aromatic rings. The van der Waals surface area contributed by atoms with Gasteiger partial charge in [-0.1, -0.05) is 51.1 Å². The minimum absolute atomic E-state index is 0.285. The Kier molecular flexibility index (Phi) is 3.92. The lowest BCUT2D eigenvalue weighted by atomic mass is 9.92. The summed E-state index contributed by atoms with van der Waals surface area (Å²) in [4.78, 5) is 13.7. The van der Waals surface area contributed by atoms with E-state index in [4.69, 9.17) is 4.98 Å². The lowest BCUT2D eigenvalue weighted by Gasteiger charge is -2.14. The Bertz CT molecular complexity index is 1050. The van der Waals surface area contributed by atoms with Gasteiger partial charge in [0.25, 0.3) is 0 Å². The van der Waals surface area contributed by atoms with E-state index in [2.05, 4.69) is 73.2 Å². The van der Waals surface area contributed by atoms with Gasteiger partial charge in [0, 0.05) is 35.0 Å². The molecule has 0 N–H and O–H groups in total. The summed E-state index contributed by atoms with van der Waals surface area (Å²) in [5.74, 6) is 1.51. The predicted molar refractivity (Wildman–Crippen MR) is 103 cm³/mol. The zero-order chi connectivity index (χ0) is 17.4. The maximum absolute atomic E-state index is 4.74. The van der Waals surface area contributed by atoms with Gasteiger partial charge < -0.3 is 0 Å². The van der Waals surface area contributed by atoms with Crippen molar-refractivity contribution in [1.29, 1.82) is 0 Å². The Hall–Kier alpha value is -2.81. The Labute approximate surface area is 147 Å². The lowest BCUT2D eigenvalue weighted by molar-refractivity contribution is 0.782. The summed E-state index contributed by atoms with van der Waals surface area (Å²) in [7, 11) is 0. The van der Waals surface area contributed by atoms with Crippen molar-refractivity contribution in [3.63, 3.8) is 0 Å². The molecule has 0 aliphatic heterocycles. The molecule has 0 spiro atoms. The fourth-order valence-electron chi connectivity index (χ4n) is 3.15. The van der Waals surface area contributed by atoms with Crippen LogP contribution < -0.4 is 0 Å². The van der Waals surface area contributed by atoms with Gasteiger partial charge in [-0.05, 0) is 29.3 Å². The summed E-state index contributed by atoms with van der Waals surface area (Å²) in [5, 5.41) is 2.26. The average molecular weight is 327 g/mol. The van der Waals surface area contributed by atoms with Crippen LogP contribution >= 0.6 is 0 Å². The zero-order valence-corrected chi connectivity index (χ0v) is 14.8. The van der Waals surface area contributed by atoms with Gasteiger partial charge in [-0.15, -0.1) is 0 Å². The molecule has 2 heterocycles. The number of nitrogens with zero attached hydrogens (tertiary/aromatic N) is 3. The van der Waals surface area contributed by atoms with Crippen molar-refractivity contribution in [3.05, 3.63) is 77.9 Å². The molecule has 0 saturated carbocycles. The highest BCUT2D eigenvalue weighted by atomic mass is 14.9. The summed E-state index contributed by atoms with van der Waals surface area (Å²) in [6.45, 7) is 6.47. The van der Waals surface area contributed by atoms with Gasteiger partial charge in [-0.3, -0.25) is 4.98 Å². The monoisotopic (exact) mass is 327 g/mol. The van der Waals surface area contributed by atoms with Crippen LogP contribution in [0.3, 0.4) is 0 Å². The third-order valence-corrected chi connectivity index (χ3v) is 4.77. The molecule has 0 saturated heterocycles. The van der Waals surface area contributed by atoms with Crippen LogP contribution in [0.1, 0.15) is 49.6 Å². The van der Waals surface area contributed by atoms with Crippen LogP contribution in [0.15, 0.2) is 60.9 Å². The van der Waals surface area contributed by atoms with Gasteiger partial charge in [-0.2, -0.15) is 0 Å². The van der Waals surface area contributed by atoms with Crippen molar-refractivity contribution in [2.75, 3.05) is 0 Å². The number of benzene rings is 2. The topological polar surface area (TPSA) is 38.7 Å². The molecule has 0 aliphatic rings. The van der Waals surface area contributed by atoms with Crippen LogP contribution in [0.2, 0.25) is 0 Å². The van der Waals surface area contributed by atoms with E-state index in [1.54, 1.807) is 0 Å². The highest BCUT2D eigenvalue weighted by molar-refractivity contribution is 5.80. The number of fused-ring (bicyclic) bond motifs is 2. The molecule has 0 bridgehead atoms. The molecular weight excluding hydrogens is 306 g/mol. The highest BCUT2D eigenvalue weighted by Crippen LogP contribution is 2.28. The molecule has 0 aliphatic carbocycles. The number of hydrogen-bond acceptors (Lipinski definition) is 3. The van der Waals surface area contributed by atoms with Crippen LogP contribution in [-0.4, -0.2) is 15.0 Å². The molecule has 3 heteroatoms. The molecule has 124 valence electrons. The summed E-state index contributed by atoms with van der Waals surface area (Å²) in [6.07, 6.45) is 3.77. The van der Waals surface area contributed by atoms with Crippen LogP contribution in [0.5, 0.6) is 0 Å². The van der Waals surface area contributed by atoms with Crippen molar-refractivity contribution in [2.45, 2.75) is 32.6 Å². The van der Waals surface area contributed by atoms with Gasteiger partial charge in [0.05, 0.1) is 11.0 Å². The first-order valence-corrected chi connectivity index (χ1v) is 8.73. The maximum Gasteiger partial charge on any atom is 0.131 e. The first kappa shape index (κ1) is 15.7. The molecule has 2 aromatic heterocycles. The smallest absolute Gasteiger partial charge is 0.131 e. The molecule has 3 nitrogen and oxygen atoms in total. The molecular formula is C22H21N3. The second-order valence-corrected chi connectivity index (χ2v) is 6.88. The first-order chi connectivity index (χ1) is 12.1. The third-order valence-electron chi connectivity index (χ3n) is 4.77. The predicted octanol–water partition coefficient (Wildman–Crippen LogP) is 5.45. The summed E-state index contributed by atoms with van der Waals surface area (Å²) < 4.78 is 0. The number of pyridine rings is 1. The lowest BCUT2D eigenvalue weighted by Crippen LogP contribution is -2.00. The minimum atomic E-state index is 0.285. The zero-order valence-electron chi connectivity index (χ0n) is 14.8. The largest absolute Gasteiger partial charge is 0.256 e. The van der Waals surface area contributed by atoms with E-state index in [-0.39, 0.29) is 5.92 Å². The standard InChI is InChI=1S/C22H21N3/c1-14(2)22-24-13-19-9-8-18(12-21(19)25-22)15(3)17-7-6-16-5-4-10-23-20(16)11-17/h4-15H,1-3H3. The Morgan fingerprint density at radius 3 is 2.24 bits per heavy atom. The minimum Gasteiger partial charge on any atom is -0.256 e. The molecule has 0 radical (unpaired) electrons. The van der Waals surface area contributed by atoms with Gasteiger partial charge in [0.2, 0.25) is 0 Å². The molecule has 1 atom stereocenters. The first-order valence-electron chi connectivity index (χ1n) is 8.73. The Morgan fingerprint density at radius 2 is 1.48 bits per heavy atom. The van der Waals surface area contributed by atoms with Gasteiger partial charge >= 0.3 is 0 Å². The van der Waals surface area contributed by atoms with E-state index in [0.29, 0.717) is 5.92 Å². The second kappa shape index (κ2) is 6.25. The summed E-state index contributed by atoms with van der Waals surface area (Å²) in [5.41, 5.74) is 4.58. The number of aromatic nitrogens is 3. The van der Waals surface area contributed by atoms with Crippen LogP contribution in [0.4, 0.5) is 0 Å². The number of hydrogen-bond donors (Lipinski definition) is 0. The molecule has 1 unspecified atom stereocenters. The van der Waals surface area contributed by atoms with Crippen LogP contribution in [-0.2, 0) is 0 Å². The van der Waals surface area contributed by atoms with Gasteiger partial charge in [0.1, 0.15) is 5.82 Å². The van der Waals surface area contributed by atoms with Gasteiger partial charge in [-0.25, -0.2) is 9.97 Å². The molecule has 0 fully saturated rings. The second-order valence-electron chi connectivity index (χ2n) is 6.88. The van der Waals surface area contributed by atoms with Crippen molar-refractivity contribution in [3.8, 4) is 0 Å². The molecule has 2 aromatic carbocycles. The fourth-order valence-corrected chi connectivity index (χ4v) is 3.15. The van der Waals surface area contributed by atoms with Gasteiger partial charge in [0.15, 0.2) is 0 Å². The Balaban J connectivity index is 1.76. The molecule has 4 rings (SSSR count). The summed E-state index contributed by atoms with van der Waals surface area (Å²) in [6, 6.07) is 17.1. The van der Waals surface area contributed by atoms with E-state index >= 15 is 0 Å². The van der Waals surface area contributed by atoms with E-state index in [0.717, 1.165) is 22.2 Å². The maximum atomic E-state index is 4.74. The van der Waals surface area contributed by atoms with E-state index < -0.39 is 0 Å². The highest BCUT2D eigenvalue weighted by Gasteiger charge is 2.11. The van der Waals surface area contributed by atoms with Crippen molar-refractivity contribution in [2.24, 2.45) is 0 Å². The van der Waals surface area contributed by atoms with E-state index in [1.165, 1.54) is 16.5 Å². The normalized spacial score (nSPS) is 12.8. The van der Waals surface area contributed by atoms with Crippen LogP contribution in [0, 0.1) is 0 Å². The van der Waals surface area contributed by atoms with Crippen molar-refractivity contribution < 1.29 is 0 Å². The Morgan fingerprint density at radius 1 is 0.760 bits per heavy atom.